The van der Waals surface area contributed by atoms with Gasteiger partial charge in [-0.1, -0.05) is 78.5 Å². The fraction of sp³-hybridized carbons (Fsp3) is 0.240. The minimum absolute atomic E-state index is 0.109. The van der Waals surface area contributed by atoms with Crippen molar-refractivity contribution in [3.63, 3.8) is 0 Å². The zero-order valence-corrected chi connectivity index (χ0v) is 19.7. The third kappa shape index (κ3) is 5.66. The average molecular weight is 463 g/mol. The molecule has 0 saturated heterocycles. The van der Waals surface area contributed by atoms with E-state index < -0.39 is 0 Å². The first kappa shape index (κ1) is 22.3. The number of nitrogens with zero attached hydrogens (tertiary/aromatic N) is 4. The molecule has 1 amide bonds. The lowest BCUT2D eigenvalue weighted by Gasteiger charge is -2.23. The Morgan fingerprint density at radius 3 is 2.34 bits per heavy atom. The zero-order valence-electron chi connectivity index (χ0n) is 18.1. The Kier molecular flexibility index (Phi) is 7.74. The van der Waals surface area contributed by atoms with Gasteiger partial charge in [0.25, 0.3) is 0 Å². The summed E-state index contributed by atoms with van der Waals surface area (Å²) in [7, 11) is 0. The molecule has 164 valence electrons. The van der Waals surface area contributed by atoms with Crippen LogP contribution in [0.2, 0.25) is 0 Å². The van der Waals surface area contributed by atoms with Crippen molar-refractivity contribution in [1.82, 2.24) is 19.7 Å². The number of amides is 1. The number of aromatic nitrogens is 3. The number of carbonyl (C=O) groups is 1. The second-order valence-electron chi connectivity index (χ2n) is 7.35. The molecule has 2 aromatic carbocycles. The maximum absolute atomic E-state index is 13.2. The molecule has 7 heteroatoms. The summed E-state index contributed by atoms with van der Waals surface area (Å²) in [5.74, 6) is 1.31. The smallest absolute Gasteiger partial charge is 0.233 e. The normalized spacial score (nSPS) is 10.9. The highest BCUT2D eigenvalue weighted by molar-refractivity contribution is 7.99. The molecule has 32 heavy (non-hydrogen) atoms. The van der Waals surface area contributed by atoms with Crippen LogP contribution in [0.3, 0.4) is 0 Å². The Bertz CT molecular complexity index is 1110. The summed E-state index contributed by atoms with van der Waals surface area (Å²) in [6.45, 7) is 4.12. The molecule has 4 aromatic rings. The molecular weight excluding hydrogens is 436 g/mol. The summed E-state index contributed by atoms with van der Waals surface area (Å²) in [6, 6.07) is 24.5. The Hall–Kier alpha value is -2.90. The molecule has 0 bridgehead atoms. The van der Waals surface area contributed by atoms with Crippen molar-refractivity contribution in [1.29, 1.82) is 0 Å². The third-order valence-corrected chi connectivity index (χ3v) is 7.00. The number of rotatable bonds is 10. The van der Waals surface area contributed by atoms with E-state index in [0.29, 0.717) is 18.8 Å². The zero-order chi connectivity index (χ0) is 22.2. The maximum atomic E-state index is 13.2. The first-order valence-corrected chi connectivity index (χ1v) is 12.6. The Morgan fingerprint density at radius 1 is 0.969 bits per heavy atom. The van der Waals surface area contributed by atoms with Crippen molar-refractivity contribution in [2.45, 2.75) is 31.6 Å². The molecule has 5 nitrogen and oxygen atoms in total. The van der Waals surface area contributed by atoms with Crippen molar-refractivity contribution >= 4 is 29.0 Å². The fourth-order valence-corrected chi connectivity index (χ4v) is 5.11. The molecule has 0 aliphatic rings. The third-order valence-electron chi connectivity index (χ3n) is 5.18. The summed E-state index contributed by atoms with van der Waals surface area (Å²) in [4.78, 5) is 16.3. The van der Waals surface area contributed by atoms with Crippen molar-refractivity contribution in [2.24, 2.45) is 0 Å². The number of carbonyl (C=O) groups excluding carboxylic acids is 1. The van der Waals surface area contributed by atoms with Crippen LogP contribution in [0.4, 0.5) is 0 Å². The number of benzene rings is 2. The average Bonchev–Trinajstić information content (AvgIpc) is 3.51. The molecule has 2 heterocycles. The van der Waals surface area contributed by atoms with E-state index in [1.54, 1.807) is 11.3 Å². The molecule has 0 fully saturated rings. The Morgan fingerprint density at radius 2 is 1.69 bits per heavy atom. The molecule has 0 N–H and O–H groups in total. The molecule has 0 aliphatic heterocycles. The van der Waals surface area contributed by atoms with Crippen LogP contribution in [-0.4, -0.2) is 37.9 Å². The molecule has 4 rings (SSSR count). The predicted octanol–water partition coefficient (Wildman–Crippen LogP) is 5.39. The molecule has 0 spiro atoms. The number of thiophene rings is 1. The van der Waals surface area contributed by atoms with Gasteiger partial charge in [-0.3, -0.25) is 4.79 Å². The van der Waals surface area contributed by atoms with E-state index in [4.69, 9.17) is 0 Å². The second kappa shape index (κ2) is 11.1. The topological polar surface area (TPSA) is 51.0 Å². The van der Waals surface area contributed by atoms with E-state index in [1.807, 2.05) is 58.8 Å². The van der Waals surface area contributed by atoms with E-state index in [9.17, 15) is 4.79 Å². The summed E-state index contributed by atoms with van der Waals surface area (Å²) in [5.41, 5.74) is 2.37. The van der Waals surface area contributed by atoms with Crippen LogP contribution in [0.5, 0.6) is 0 Å². The summed E-state index contributed by atoms with van der Waals surface area (Å²) in [5, 5.41) is 11.6. The van der Waals surface area contributed by atoms with Gasteiger partial charge < -0.3 is 9.47 Å². The van der Waals surface area contributed by atoms with Crippen molar-refractivity contribution in [3.05, 3.63) is 89.3 Å². The van der Waals surface area contributed by atoms with Crippen LogP contribution >= 0.6 is 23.1 Å². The van der Waals surface area contributed by atoms with Gasteiger partial charge in [0.2, 0.25) is 5.91 Å². The van der Waals surface area contributed by atoms with Gasteiger partial charge in [-0.15, -0.1) is 21.5 Å². The van der Waals surface area contributed by atoms with Crippen LogP contribution in [0.15, 0.2) is 83.3 Å². The largest absolute Gasteiger partial charge is 0.337 e. The molecule has 0 atom stereocenters. The lowest BCUT2D eigenvalue weighted by Crippen LogP contribution is -2.34. The van der Waals surface area contributed by atoms with Crippen LogP contribution in [0.25, 0.3) is 10.7 Å². The first-order chi connectivity index (χ1) is 15.7. The van der Waals surface area contributed by atoms with E-state index in [2.05, 4.69) is 46.0 Å². The van der Waals surface area contributed by atoms with Gasteiger partial charge in [0.15, 0.2) is 11.0 Å². The molecule has 0 unspecified atom stereocenters. The van der Waals surface area contributed by atoms with Gasteiger partial charge in [0.1, 0.15) is 0 Å². The van der Waals surface area contributed by atoms with Gasteiger partial charge in [0.05, 0.1) is 10.6 Å². The minimum atomic E-state index is 0.109. The second-order valence-corrected chi connectivity index (χ2v) is 9.24. The van der Waals surface area contributed by atoms with Crippen molar-refractivity contribution in [3.8, 4) is 10.7 Å². The van der Waals surface area contributed by atoms with Gasteiger partial charge in [-0.2, -0.15) is 0 Å². The van der Waals surface area contributed by atoms with Crippen LogP contribution in [0, 0.1) is 0 Å². The summed E-state index contributed by atoms with van der Waals surface area (Å²) < 4.78 is 2.08. The van der Waals surface area contributed by atoms with Crippen molar-refractivity contribution < 1.29 is 4.79 Å². The fourth-order valence-electron chi connectivity index (χ4n) is 3.49. The monoisotopic (exact) mass is 462 g/mol. The standard InChI is InChI=1S/C25H26N4OS2/c1-2-29-24(22-14-9-17-31-22)26-27-25(29)32-19-23(30)28(18-21-12-7-4-8-13-21)16-15-20-10-5-3-6-11-20/h3-14,17H,2,15-16,18-19H2,1H3. The first-order valence-electron chi connectivity index (χ1n) is 10.7. The van der Waals surface area contributed by atoms with Gasteiger partial charge in [-0.05, 0) is 35.9 Å². The number of hydrogen-bond donors (Lipinski definition) is 0. The van der Waals surface area contributed by atoms with E-state index in [0.717, 1.165) is 34.4 Å². The molecule has 0 aliphatic carbocycles. The van der Waals surface area contributed by atoms with E-state index >= 15 is 0 Å². The van der Waals surface area contributed by atoms with E-state index in [-0.39, 0.29) is 5.91 Å². The van der Waals surface area contributed by atoms with Gasteiger partial charge in [0, 0.05) is 19.6 Å². The molecule has 0 saturated carbocycles. The predicted molar refractivity (Wildman–Crippen MR) is 132 cm³/mol. The Balaban J connectivity index is 1.44. The Labute approximate surface area is 197 Å². The van der Waals surface area contributed by atoms with E-state index in [1.165, 1.54) is 17.3 Å². The van der Waals surface area contributed by atoms with Gasteiger partial charge in [-0.25, -0.2) is 0 Å². The van der Waals surface area contributed by atoms with Crippen LogP contribution in [-0.2, 0) is 24.3 Å². The van der Waals surface area contributed by atoms with Crippen LogP contribution < -0.4 is 0 Å². The highest BCUT2D eigenvalue weighted by Gasteiger charge is 2.18. The quantitative estimate of drug-likeness (QED) is 0.297. The van der Waals surface area contributed by atoms with Gasteiger partial charge >= 0.3 is 0 Å². The molecular formula is C25H26N4OS2. The summed E-state index contributed by atoms with van der Waals surface area (Å²) >= 11 is 3.11. The highest BCUT2D eigenvalue weighted by atomic mass is 32.2. The lowest BCUT2D eigenvalue weighted by atomic mass is 10.1. The van der Waals surface area contributed by atoms with Crippen molar-refractivity contribution in [2.75, 3.05) is 12.3 Å². The maximum Gasteiger partial charge on any atom is 0.233 e. The number of thioether (sulfide) groups is 1. The van der Waals surface area contributed by atoms with Crippen LogP contribution in [0.1, 0.15) is 18.1 Å². The number of hydrogen-bond acceptors (Lipinski definition) is 5. The lowest BCUT2D eigenvalue weighted by molar-refractivity contribution is -0.128. The molecule has 2 aromatic heterocycles. The SMILES string of the molecule is CCn1c(SCC(=O)N(CCc2ccccc2)Cc2ccccc2)nnc1-c1cccs1. The molecule has 0 radical (unpaired) electrons. The highest BCUT2D eigenvalue weighted by Crippen LogP contribution is 2.27. The summed E-state index contributed by atoms with van der Waals surface area (Å²) in [6.07, 6.45) is 0.831. The minimum Gasteiger partial charge on any atom is -0.337 e.